The second-order valence-electron chi connectivity index (χ2n) is 7.99. The van der Waals surface area contributed by atoms with Crippen LogP contribution in [0.15, 0.2) is 77.3 Å². The molecule has 0 amide bonds. The number of hydrogen-bond donors (Lipinski definition) is 0. The smallest absolute Gasteiger partial charge is 0.343 e. The van der Waals surface area contributed by atoms with Crippen LogP contribution in [0.3, 0.4) is 0 Å². The third-order valence-corrected chi connectivity index (χ3v) is 5.33. The first kappa shape index (κ1) is 24.5. The van der Waals surface area contributed by atoms with Crippen LogP contribution in [-0.4, -0.2) is 25.2 Å². The molecule has 3 aromatic carbocycles. The van der Waals surface area contributed by atoms with E-state index in [1.54, 1.807) is 36.4 Å². The van der Waals surface area contributed by atoms with Crippen molar-refractivity contribution in [1.82, 2.24) is 0 Å². The molecule has 33 heavy (non-hydrogen) atoms. The van der Waals surface area contributed by atoms with Crippen LogP contribution in [-0.2, 0) is 11.2 Å². The number of esters is 2. The van der Waals surface area contributed by atoms with Crippen molar-refractivity contribution < 1.29 is 23.8 Å². The third kappa shape index (κ3) is 7.75. The molecule has 0 N–H and O–H groups in total. The lowest BCUT2D eigenvalue weighted by Gasteiger charge is -2.11. The SMILES string of the molecule is CC(C)COc1ccc(C(=O)Oc2cccc(C(=O)OCCCc3ccccc3)c2)cc1Br. The van der Waals surface area contributed by atoms with Gasteiger partial charge in [-0.05, 0) is 76.7 Å². The zero-order valence-corrected chi connectivity index (χ0v) is 20.3. The molecular weight excluding hydrogens is 484 g/mol. The van der Waals surface area contributed by atoms with E-state index >= 15 is 0 Å². The van der Waals surface area contributed by atoms with Gasteiger partial charge in [-0.15, -0.1) is 0 Å². The molecule has 172 valence electrons. The minimum absolute atomic E-state index is 0.273. The number of carbonyl (C=O) groups excluding carboxylic acids is 2. The molecule has 0 bridgehead atoms. The molecule has 0 radical (unpaired) electrons. The highest BCUT2D eigenvalue weighted by atomic mass is 79.9. The molecule has 0 aliphatic heterocycles. The van der Waals surface area contributed by atoms with Crippen molar-refractivity contribution in [1.29, 1.82) is 0 Å². The first-order chi connectivity index (χ1) is 15.9. The van der Waals surface area contributed by atoms with Gasteiger partial charge in [-0.2, -0.15) is 0 Å². The summed E-state index contributed by atoms with van der Waals surface area (Å²) in [6.45, 7) is 5.02. The predicted molar refractivity (Wildman–Crippen MR) is 131 cm³/mol. The van der Waals surface area contributed by atoms with Crippen LogP contribution in [0.1, 0.15) is 46.5 Å². The van der Waals surface area contributed by atoms with E-state index in [1.165, 1.54) is 11.6 Å². The number of ether oxygens (including phenoxy) is 3. The van der Waals surface area contributed by atoms with Gasteiger partial charge >= 0.3 is 11.9 Å². The number of carbonyl (C=O) groups is 2. The Kier molecular flexibility index (Phi) is 9.07. The van der Waals surface area contributed by atoms with Crippen molar-refractivity contribution in [3.8, 4) is 11.5 Å². The molecular formula is C27H27BrO5. The number of rotatable bonds is 10. The molecule has 0 unspecified atom stereocenters. The van der Waals surface area contributed by atoms with E-state index in [4.69, 9.17) is 14.2 Å². The summed E-state index contributed by atoms with van der Waals surface area (Å²) in [6.07, 6.45) is 1.57. The maximum absolute atomic E-state index is 12.6. The maximum atomic E-state index is 12.6. The lowest BCUT2D eigenvalue weighted by molar-refractivity contribution is 0.0498. The molecule has 0 saturated carbocycles. The van der Waals surface area contributed by atoms with Gasteiger partial charge in [-0.1, -0.05) is 50.2 Å². The topological polar surface area (TPSA) is 61.8 Å². The lowest BCUT2D eigenvalue weighted by atomic mass is 10.1. The molecule has 0 aliphatic carbocycles. The average Bonchev–Trinajstić information content (AvgIpc) is 2.81. The van der Waals surface area contributed by atoms with Crippen LogP contribution in [0.25, 0.3) is 0 Å². The van der Waals surface area contributed by atoms with Gasteiger partial charge in [0.15, 0.2) is 0 Å². The zero-order valence-electron chi connectivity index (χ0n) is 18.8. The van der Waals surface area contributed by atoms with Gasteiger partial charge in [-0.25, -0.2) is 9.59 Å². The largest absolute Gasteiger partial charge is 0.492 e. The normalized spacial score (nSPS) is 10.7. The molecule has 0 fully saturated rings. The summed E-state index contributed by atoms with van der Waals surface area (Å²) in [4.78, 5) is 24.9. The van der Waals surface area contributed by atoms with Gasteiger partial charge in [-0.3, -0.25) is 0 Å². The number of hydrogen-bond acceptors (Lipinski definition) is 5. The van der Waals surface area contributed by atoms with Gasteiger partial charge in [0.2, 0.25) is 0 Å². The fourth-order valence-corrected chi connectivity index (χ4v) is 3.52. The Balaban J connectivity index is 1.54. The van der Waals surface area contributed by atoms with Gasteiger partial charge in [0.25, 0.3) is 0 Å². The van der Waals surface area contributed by atoms with Crippen LogP contribution >= 0.6 is 15.9 Å². The van der Waals surface area contributed by atoms with Crippen molar-refractivity contribution in [2.24, 2.45) is 5.92 Å². The Morgan fingerprint density at radius 3 is 2.36 bits per heavy atom. The molecule has 0 aromatic heterocycles. The third-order valence-electron chi connectivity index (χ3n) is 4.71. The van der Waals surface area contributed by atoms with Crippen LogP contribution < -0.4 is 9.47 Å². The van der Waals surface area contributed by atoms with E-state index < -0.39 is 11.9 Å². The van der Waals surface area contributed by atoms with E-state index in [2.05, 4.69) is 29.8 Å². The van der Waals surface area contributed by atoms with Crippen LogP contribution in [0.5, 0.6) is 11.5 Å². The molecule has 3 aromatic rings. The highest BCUT2D eigenvalue weighted by Gasteiger charge is 2.14. The van der Waals surface area contributed by atoms with E-state index in [1.807, 2.05) is 30.3 Å². The van der Waals surface area contributed by atoms with E-state index in [0.717, 1.165) is 12.8 Å². The molecule has 5 nitrogen and oxygen atoms in total. The van der Waals surface area contributed by atoms with Gasteiger partial charge in [0.1, 0.15) is 11.5 Å². The summed E-state index contributed by atoms with van der Waals surface area (Å²) < 4.78 is 17.2. The first-order valence-corrected chi connectivity index (χ1v) is 11.7. The standard InChI is InChI=1S/C27H27BrO5/c1-19(2)18-32-25-14-13-22(17-24(25)28)27(30)33-23-12-6-11-21(16-23)26(29)31-15-7-10-20-8-4-3-5-9-20/h3-6,8-9,11-14,16-17,19H,7,10,15,18H2,1-2H3. The second kappa shape index (κ2) is 12.2. The Hall–Kier alpha value is -3.12. The lowest BCUT2D eigenvalue weighted by Crippen LogP contribution is -2.11. The summed E-state index contributed by atoms with van der Waals surface area (Å²) in [6, 6.07) is 21.5. The summed E-state index contributed by atoms with van der Waals surface area (Å²) in [7, 11) is 0. The number of aryl methyl sites for hydroxylation is 1. The Morgan fingerprint density at radius 1 is 0.879 bits per heavy atom. The molecule has 0 spiro atoms. The first-order valence-electron chi connectivity index (χ1n) is 10.9. The van der Waals surface area contributed by atoms with Crippen LogP contribution in [0.2, 0.25) is 0 Å². The number of halogens is 1. The minimum atomic E-state index is -0.528. The Labute approximate surface area is 202 Å². The fraction of sp³-hybridized carbons (Fsp3) is 0.259. The van der Waals surface area contributed by atoms with E-state index in [-0.39, 0.29) is 5.75 Å². The summed E-state index contributed by atoms with van der Waals surface area (Å²) in [5.74, 6) is 0.353. The van der Waals surface area contributed by atoms with Crippen molar-refractivity contribution in [3.63, 3.8) is 0 Å². The summed E-state index contributed by atoms with van der Waals surface area (Å²) in [5, 5.41) is 0. The predicted octanol–water partition coefficient (Wildman–Crippen LogP) is 6.49. The van der Waals surface area contributed by atoms with Gasteiger partial charge in [0, 0.05) is 0 Å². The quantitative estimate of drug-likeness (QED) is 0.177. The number of benzene rings is 3. The summed E-state index contributed by atoms with van der Waals surface area (Å²) >= 11 is 3.43. The Morgan fingerprint density at radius 2 is 1.64 bits per heavy atom. The van der Waals surface area contributed by atoms with Crippen molar-refractivity contribution in [2.75, 3.05) is 13.2 Å². The molecule has 3 rings (SSSR count). The van der Waals surface area contributed by atoms with Crippen molar-refractivity contribution in [3.05, 3.63) is 94.0 Å². The fourth-order valence-electron chi connectivity index (χ4n) is 3.02. The molecule has 0 heterocycles. The monoisotopic (exact) mass is 510 g/mol. The molecule has 0 aliphatic rings. The molecule has 0 saturated heterocycles. The molecule has 6 heteroatoms. The second-order valence-corrected chi connectivity index (χ2v) is 8.85. The summed E-state index contributed by atoms with van der Waals surface area (Å²) in [5.41, 5.74) is 1.90. The van der Waals surface area contributed by atoms with Crippen LogP contribution in [0.4, 0.5) is 0 Å². The highest BCUT2D eigenvalue weighted by molar-refractivity contribution is 9.10. The van der Waals surface area contributed by atoms with Crippen molar-refractivity contribution in [2.45, 2.75) is 26.7 Å². The molecule has 0 atom stereocenters. The van der Waals surface area contributed by atoms with Crippen LogP contribution in [0, 0.1) is 5.92 Å². The minimum Gasteiger partial charge on any atom is -0.492 e. The Bertz CT molecular complexity index is 1080. The van der Waals surface area contributed by atoms with E-state index in [9.17, 15) is 9.59 Å². The average molecular weight is 511 g/mol. The highest BCUT2D eigenvalue weighted by Crippen LogP contribution is 2.27. The van der Waals surface area contributed by atoms with E-state index in [0.29, 0.717) is 40.5 Å². The zero-order chi connectivity index (χ0) is 23.6. The maximum Gasteiger partial charge on any atom is 0.343 e. The van der Waals surface area contributed by atoms with Gasteiger partial charge in [0.05, 0.1) is 28.8 Å². The van der Waals surface area contributed by atoms with Crippen molar-refractivity contribution >= 4 is 27.9 Å². The van der Waals surface area contributed by atoms with Gasteiger partial charge < -0.3 is 14.2 Å².